The number of nitrogens with zero attached hydrogens (tertiary/aromatic N) is 7. The van der Waals surface area contributed by atoms with E-state index in [1.54, 1.807) is 20.0 Å². The highest BCUT2D eigenvalue weighted by Crippen LogP contribution is 2.30. The second-order valence-corrected chi connectivity index (χ2v) is 10.3. The van der Waals surface area contributed by atoms with Crippen molar-refractivity contribution in [1.29, 1.82) is 10.5 Å². The van der Waals surface area contributed by atoms with Gasteiger partial charge in [0, 0.05) is 19.0 Å². The van der Waals surface area contributed by atoms with E-state index in [0.717, 1.165) is 10.2 Å². The number of nitrogens with one attached hydrogen (secondary N) is 3. The van der Waals surface area contributed by atoms with Crippen molar-refractivity contribution >= 4 is 27.4 Å². The van der Waals surface area contributed by atoms with Crippen molar-refractivity contribution in [3.05, 3.63) is 36.0 Å². The molecule has 12 nitrogen and oxygen atoms in total. The third-order valence-electron chi connectivity index (χ3n) is 6.16. The summed E-state index contributed by atoms with van der Waals surface area (Å²) in [6.07, 6.45) is -0.428. The lowest BCUT2D eigenvalue weighted by molar-refractivity contribution is 0.101. The molecule has 0 amide bonds. The Bertz CT molecular complexity index is 1290. The number of hydrogen-bond donors (Lipinski definition) is 5. The maximum absolute atomic E-state index is 9.89. The van der Waals surface area contributed by atoms with Gasteiger partial charge in [0.1, 0.15) is 17.7 Å². The summed E-state index contributed by atoms with van der Waals surface area (Å²) in [6.45, 7) is 5.86. The highest BCUT2D eigenvalue weighted by molar-refractivity contribution is 7.20. The Kier molecular flexibility index (Phi) is 8.56. The van der Waals surface area contributed by atoms with Gasteiger partial charge >= 0.3 is 0 Å². The molecule has 7 atom stereocenters. The average molecular weight is 523 g/mol. The first kappa shape index (κ1) is 26.8. The van der Waals surface area contributed by atoms with Crippen LogP contribution in [0.25, 0.3) is 15.3 Å². The van der Waals surface area contributed by atoms with Crippen molar-refractivity contribution in [2.24, 2.45) is 22.1 Å². The number of aliphatic hydroxyl groups is 2. The van der Waals surface area contributed by atoms with Crippen LogP contribution >= 0.6 is 11.3 Å². The normalized spacial score (nSPS) is 25.6. The van der Waals surface area contributed by atoms with Gasteiger partial charge in [0.05, 0.1) is 52.9 Å². The van der Waals surface area contributed by atoms with Crippen LogP contribution in [0.4, 0.5) is 5.82 Å². The SMILES string of the molecule is CC(O)CNC1NC(NCC(C)O)C(N=Nc2nn(-c3nc4ccccc4s3)cc2C#N)C(C)C1C#N. The first-order valence-electron chi connectivity index (χ1n) is 12.1. The van der Waals surface area contributed by atoms with Gasteiger partial charge in [-0.15, -0.1) is 10.2 Å². The summed E-state index contributed by atoms with van der Waals surface area (Å²) in [5.41, 5.74) is 1.09. The molecule has 7 unspecified atom stereocenters. The smallest absolute Gasteiger partial charge is 0.213 e. The van der Waals surface area contributed by atoms with Gasteiger partial charge in [-0.2, -0.15) is 15.6 Å². The molecule has 13 heteroatoms. The fourth-order valence-corrected chi connectivity index (χ4v) is 5.13. The summed E-state index contributed by atoms with van der Waals surface area (Å²) in [4.78, 5) is 4.58. The molecule has 0 saturated carbocycles. The summed E-state index contributed by atoms with van der Waals surface area (Å²) in [7, 11) is 0. The van der Waals surface area contributed by atoms with Crippen LogP contribution in [0.2, 0.25) is 0 Å². The van der Waals surface area contributed by atoms with Gasteiger partial charge in [0.25, 0.3) is 0 Å². The van der Waals surface area contributed by atoms with E-state index in [4.69, 9.17) is 0 Å². The van der Waals surface area contributed by atoms with Gasteiger partial charge in [-0.1, -0.05) is 30.4 Å². The van der Waals surface area contributed by atoms with Crippen LogP contribution in [0.15, 0.2) is 40.7 Å². The van der Waals surface area contributed by atoms with Gasteiger partial charge in [0.15, 0.2) is 0 Å². The number of aliphatic hydroxyl groups excluding tert-OH is 2. The predicted octanol–water partition coefficient (Wildman–Crippen LogP) is 1.78. The summed E-state index contributed by atoms with van der Waals surface area (Å²) in [6, 6.07) is 11.7. The molecule has 0 radical (unpaired) electrons. The van der Waals surface area contributed by atoms with Crippen molar-refractivity contribution in [1.82, 2.24) is 30.7 Å². The fourth-order valence-electron chi connectivity index (χ4n) is 4.23. The summed E-state index contributed by atoms with van der Waals surface area (Å²) < 4.78 is 2.53. The highest BCUT2D eigenvalue weighted by atomic mass is 32.1. The first-order chi connectivity index (χ1) is 17.8. The second kappa shape index (κ2) is 11.8. The lowest BCUT2D eigenvalue weighted by Gasteiger charge is -2.43. The van der Waals surface area contributed by atoms with Crippen LogP contribution in [0.5, 0.6) is 0 Å². The van der Waals surface area contributed by atoms with E-state index >= 15 is 0 Å². The van der Waals surface area contributed by atoms with Crippen LogP contribution in [0, 0.1) is 34.5 Å². The molecule has 0 bridgehead atoms. The maximum Gasteiger partial charge on any atom is 0.213 e. The molecule has 4 rings (SSSR count). The number of nitriles is 2. The predicted molar refractivity (Wildman–Crippen MR) is 138 cm³/mol. The van der Waals surface area contributed by atoms with Crippen LogP contribution < -0.4 is 16.0 Å². The average Bonchev–Trinajstić information content (AvgIpc) is 3.49. The minimum Gasteiger partial charge on any atom is -0.392 e. The number of rotatable bonds is 9. The van der Waals surface area contributed by atoms with Crippen molar-refractivity contribution in [2.75, 3.05) is 13.1 Å². The molecule has 1 aromatic carbocycles. The number of aromatic nitrogens is 3. The topological polar surface area (TPSA) is 180 Å². The second-order valence-electron chi connectivity index (χ2n) is 9.24. The van der Waals surface area contributed by atoms with E-state index in [-0.39, 0.29) is 17.3 Å². The standard InChI is InChI=1S/C24H30N10O2S/c1-13(35)10-27-22-17(9-26)15(3)20(23(30-22)28-11-14(2)36)31-32-21-16(8-25)12-34(33-21)24-29-18-6-4-5-7-19(18)37-24/h4-7,12-15,17,20,22-23,27-28,30,35-36H,10-11H2,1-3H3. The molecule has 0 aliphatic carbocycles. The zero-order valence-electron chi connectivity index (χ0n) is 20.8. The molecular formula is C24H30N10O2S. The molecule has 3 aromatic rings. The molecule has 1 aliphatic heterocycles. The summed E-state index contributed by atoms with van der Waals surface area (Å²) in [5, 5.41) is 62.8. The Labute approximate surface area is 218 Å². The molecule has 3 heterocycles. The minimum absolute atomic E-state index is 0.158. The molecule has 37 heavy (non-hydrogen) atoms. The zero-order valence-corrected chi connectivity index (χ0v) is 21.6. The van der Waals surface area contributed by atoms with E-state index in [9.17, 15) is 20.7 Å². The molecule has 2 aromatic heterocycles. The van der Waals surface area contributed by atoms with E-state index in [1.165, 1.54) is 16.0 Å². The number of hydrogen-bond acceptors (Lipinski definition) is 12. The molecule has 1 fully saturated rings. The third kappa shape index (κ3) is 6.17. The Morgan fingerprint density at radius 2 is 1.86 bits per heavy atom. The van der Waals surface area contributed by atoms with Gasteiger partial charge in [0.2, 0.25) is 10.9 Å². The number of azo groups is 1. The largest absolute Gasteiger partial charge is 0.392 e. The molecular weight excluding hydrogens is 492 g/mol. The monoisotopic (exact) mass is 522 g/mol. The van der Waals surface area contributed by atoms with Crippen molar-refractivity contribution in [3.8, 4) is 17.3 Å². The highest BCUT2D eigenvalue weighted by Gasteiger charge is 2.43. The van der Waals surface area contributed by atoms with E-state index in [0.29, 0.717) is 18.2 Å². The molecule has 1 saturated heterocycles. The van der Waals surface area contributed by atoms with Crippen molar-refractivity contribution in [2.45, 2.75) is 51.4 Å². The van der Waals surface area contributed by atoms with Crippen molar-refractivity contribution in [3.63, 3.8) is 0 Å². The Hall–Kier alpha value is -3.30. The van der Waals surface area contributed by atoms with Gasteiger partial charge in [-0.05, 0) is 26.0 Å². The molecule has 0 spiro atoms. The molecule has 5 N–H and O–H groups in total. The maximum atomic E-state index is 9.89. The Morgan fingerprint density at radius 1 is 1.16 bits per heavy atom. The lowest BCUT2D eigenvalue weighted by Crippen LogP contribution is -2.67. The van der Waals surface area contributed by atoms with Crippen molar-refractivity contribution < 1.29 is 10.2 Å². The van der Waals surface area contributed by atoms with Crippen LogP contribution in [-0.4, -0.2) is 68.6 Å². The van der Waals surface area contributed by atoms with E-state index < -0.39 is 36.5 Å². The van der Waals surface area contributed by atoms with Gasteiger partial charge in [-0.25, -0.2) is 9.67 Å². The van der Waals surface area contributed by atoms with Gasteiger partial charge in [-0.3, -0.25) is 16.0 Å². The fraction of sp³-hybridized carbons (Fsp3) is 0.500. The third-order valence-corrected chi connectivity index (χ3v) is 7.19. The van der Waals surface area contributed by atoms with E-state index in [1.807, 2.05) is 31.2 Å². The van der Waals surface area contributed by atoms with Gasteiger partial charge < -0.3 is 10.2 Å². The molecule has 194 valence electrons. The minimum atomic E-state index is -0.595. The lowest BCUT2D eigenvalue weighted by atomic mass is 9.81. The van der Waals surface area contributed by atoms with Crippen LogP contribution in [-0.2, 0) is 0 Å². The number of piperidine rings is 1. The number of thiazole rings is 1. The number of benzene rings is 1. The Morgan fingerprint density at radius 3 is 2.51 bits per heavy atom. The quantitative estimate of drug-likeness (QED) is 0.262. The van der Waals surface area contributed by atoms with E-state index in [2.05, 4.69) is 48.4 Å². The summed E-state index contributed by atoms with van der Waals surface area (Å²) >= 11 is 1.45. The zero-order chi connectivity index (χ0) is 26.5. The molecule has 1 aliphatic rings. The summed E-state index contributed by atoms with van der Waals surface area (Å²) in [5.74, 6) is -0.556. The first-order valence-corrected chi connectivity index (χ1v) is 12.9. The number of para-hydroxylation sites is 1. The van der Waals surface area contributed by atoms with Crippen LogP contribution in [0.1, 0.15) is 26.3 Å². The Balaban J connectivity index is 1.61. The number of fused-ring (bicyclic) bond motifs is 1. The van der Waals surface area contributed by atoms with Crippen LogP contribution in [0.3, 0.4) is 0 Å².